The Morgan fingerprint density at radius 1 is 1.08 bits per heavy atom. The van der Waals surface area contributed by atoms with Crippen LogP contribution in [0.25, 0.3) is 6.08 Å². The van der Waals surface area contributed by atoms with Gasteiger partial charge in [0.25, 0.3) is 5.91 Å². The lowest BCUT2D eigenvalue weighted by Gasteiger charge is -2.33. The van der Waals surface area contributed by atoms with Gasteiger partial charge in [0.15, 0.2) is 5.54 Å². The molecule has 0 bridgehead atoms. The summed E-state index contributed by atoms with van der Waals surface area (Å²) in [6.45, 7) is 0.640. The molecule has 0 radical (unpaired) electrons. The van der Waals surface area contributed by atoms with Crippen LogP contribution < -0.4 is 10.1 Å². The fourth-order valence-corrected chi connectivity index (χ4v) is 3.40. The maximum atomic E-state index is 13.1. The van der Waals surface area contributed by atoms with Gasteiger partial charge < -0.3 is 10.1 Å². The third kappa shape index (κ3) is 2.58. The minimum absolute atomic E-state index is 0.217. The lowest BCUT2D eigenvalue weighted by Crippen LogP contribution is -2.47. The van der Waals surface area contributed by atoms with E-state index in [-0.39, 0.29) is 18.5 Å². The average molecular weight is 334 g/mol. The van der Waals surface area contributed by atoms with E-state index in [4.69, 9.17) is 4.74 Å². The highest BCUT2D eigenvalue weighted by Crippen LogP contribution is 2.40. The molecule has 2 aromatic rings. The molecule has 2 aliphatic heterocycles. The van der Waals surface area contributed by atoms with Crippen molar-refractivity contribution in [1.82, 2.24) is 10.2 Å². The van der Waals surface area contributed by atoms with Gasteiger partial charge in [-0.3, -0.25) is 9.69 Å². The fraction of sp³-hybridized carbons (Fsp3) is 0.200. The van der Waals surface area contributed by atoms with Crippen molar-refractivity contribution < 1.29 is 14.3 Å². The van der Waals surface area contributed by atoms with Gasteiger partial charge in [-0.05, 0) is 11.6 Å². The summed E-state index contributed by atoms with van der Waals surface area (Å²) >= 11 is 0. The zero-order valence-corrected chi connectivity index (χ0v) is 13.6. The largest absolute Gasteiger partial charge is 0.493 e. The summed E-state index contributed by atoms with van der Waals surface area (Å²) in [6.07, 6.45) is 4.17. The number of urea groups is 1. The number of fused-ring (bicyclic) bond motifs is 2. The number of benzene rings is 2. The second-order valence-corrected chi connectivity index (χ2v) is 6.16. The number of para-hydroxylation sites is 1. The highest BCUT2D eigenvalue weighted by Gasteiger charge is 2.54. The van der Waals surface area contributed by atoms with Crippen LogP contribution in [0.4, 0.5) is 4.79 Å². The SMILES string of the molecule is O=C1NC2(CCOc3ccccc32)C(=O)N1CC=Cc1ccccc1. The van der Waals surface area contributed by atoms with E-state index in [0.717, 1.165) is 11.1 Å². The van der Waals surface area contributed by atoms with Gasteiger partial charge in [0.1, 0.15) is 5.75 Å². The third-order valence-corrected chi connectivity index (χ3v) is 4.66. The Hall–Kier alpha value is -3.08. The van der Waals surface area contributed by atoms with E-state index in [0.29, 0.717) is 18.8 Å². The molecule has 3 amide bonds. The Kier molecular flexibility index (Phi) is 3.76. The van der Waals surface area contributed by atoms with Crippen LogP contribution in [0.15, 0.2) is 60.7 Å². The van der Waals surface area contributed by atoms with Crippen LogP contribution in [0.1, 0.15) is 17.5 Å². The summed E-state index contributed by atoms with van der Waals surface area (Å²) < 4.78 is 5.63. The van der Waals surface area contributed by atoms with Crippen molar-refractivity contribution in [3.63, 3.8) is 0 Å². The molecule has 1 saturated heterocycles. The van der Waals surface area contributed by atoms with Crippen LogP contribution in [0.2, 0.25) is 0 Å². The molecule has 1 unspecified atom stereocenters. The first-order chi connectivity index (χ1) is 12.2. The summed E-state index contributed by atoms with van der Waals surface area (Å²) in [5, 5.41) is 2.90. The predicted molar refractivity (Wildman–Crippen MR) is 94.0 cm³/mol. The monoisotopic (exact) mass is 334 g/mol. The third-order valence-electron chi connectivity index (χ3n) is 4.66. The van der Waals surface area contributed by atoms with Gasteiger partial charge in [-0.25, -0.2) is 4.79 Å². The molecule has 1 spiro atoms. The predicted octanol–water partition coefficient (Wildman–Crippen LogP) is 2.93. The van der Waals surface area contributed by atoms with E-state index in [1.807, 2.05) is 66.7 Å². The van der Waals surface area contributed by atoms with E-state index < -0.39 is 5.54 Å². The molecule has 25 heavy (non-hydrogen) atoms. The van der Waals surface area contributed by atoms with Crippen LogP contribution in [0, 0.1) is 0 Å². The number of rotatable bonds is 3. The number of imide groups is 1. The molecule has 0 aromatic heterocycles. The second kappa shape index (κ2) is 6.09. The lowest BCUT2D eigenvalue weighted by molar-refractivity contribution is -0.132. The second-order valence-electron chi connectivity index (χ2n) is 6.16. The fourth-order valence-electron chi connectivity index (χ4n) is 3.40. The molecule has 1 N–H and O–H groups in total. The Morgan fingerprint density at radius 2 is 1.84 bits per heavy atom. The Morgan fingerprint density at radius 3 is 2.68 bits per heavy atom. The summed E-state index contributed by atoms with van der Waals surface area (Å²) in [6, 6.07) is 16.8. The summed E-state index contributed by atoms with van der Waals surface area (Å²) in [5.41, 5.74) is 0.752. The molecule has 5 nitrogen and oxygen atoms in total. The summed E-state index contributed by atoms with van der Waals surface area (Å²) in [5.74, 6) is 0.440. The van der Waals surface area contributed by atoms with E-state index in [2.05, 4.69) is 5.32 Å². The topological polar surface area (TPSA) is 58.6 Å². The molecule has 1 atom stereocenters. The zero-order chi connectivity index (χ0) is 17.3. The molecule has 4 rings (SSSR count). The van der Waals surface area contributed by atoms with E-state index in [9.17, 15) is 9.59 Å². The molecule has 0 saturated carbocycles. The van der Waals surface area contributed by atoms with Crippen molar-refractivity contribution in [3.8, 4) is 5.75 Å². The number of amides is 3. The van der Waals surface area contributed by atoms with Crippen molar-refractivity contribution in [2.45, 2.75) is 12.0 Å². The van der Waals surface area contributed by atoms with E-state index in [1.54, 1.807) is 0 Å². The molecule has 1 fully saturated rings. The molecule has 2 aliphatic rings. The molecule has 0 aliphatic carbocycles. The van der Waals surface area contributed by atoms with Crippen LogP contribution in [0.3, 0.4) is 0 Å². The average Bonchev–Trinajstić information content (AvgIpc) is 2.88. The minimum Gasteiger partial charge on any atom is -0.493 e. The van der Waals surface area contributed by atoms with Crippen molar-refractivity contribution >= 4 is 18.0 Å². The molecule has 2 aromatic carbocycles. The Labute approximate surface area is 145 Å². The van der Waals surface area contributed by atoms with Crippen molar-refractivity contribution in [2.24, 2.45) is 0 Å². The quantitative estimate of drug-likeness (QED) is 0.878. The maximum absolute atomic E-state index is 13.1. The van der Waals surface area contributed by atoms with Crippen LogP contribution >= 0.6 is 0 Å². The lowest BCUT2D eigenvalue weighted by atomic mass is 9.84. The summed E-state index contributed by atoms with van der Waals surface area (Å²) in [7, 11) is 0. The highest BCUT2D eigenvalue weighted by molar-refractivity contribution is 6.08. The molecule has 2 heterocycles. The first-order valence-electron chi connectivity index (χ1n) is 8.29. The number of carbonyl (C=O) groups is 2. The minimum atomic E-state index is -1.01. The Bertz CT molecular complexity index is 847. The van der Waals surface area contributed by atoms with Gasteiger partial charge in [0, 0.05) is 18.5 Å². The maximum Gasteiger partial charge on any atom is 0.325 e. The highest BCUT2D eigenvalue weighted by atomic mass is 16.5. The molecular formula is C20H18N2O3. The van der Waals surface area contributed by atoms with Gasteiger partial charge in [-0.1, -0.05) is 60.7 Å². The normalized spacial score (nSPS) is 22.2. The molecule has 5 heteroatoms. The number of ether oxygens (including phenoxy) is 1. The van der Waals surface area contributed by atoms with Gasteiger partial charge in [-0.15, -0.1) is 0 Å². The first-order valence-corrected chi connectivity index (χ1v) is 8.29. The standard InChI is InChI=1S/C20H18N2O3/c23-18-20(12-14-25-17-11-5-4-10-16(17)20)21-19(24)22(18)13-6-9-15-7-2-1-3-8-15/h1-11H,12-14H2,(H,21,24). The number of nitrogens with zero attached hydrogens (tertiary/aromatic N) is 1. The summed E-state index contributed by atoms with van der Waals surface area (Å²) in [4.78, 5) is 26.7. The van der Waals surface area contributed by atoms with Crippen LogP contribution in [-0.2, 0) is 10.3 Å². The van der Waals surface area contributed by atoms with E-state index in [1.165, 1.54) is 4.90 Å². The Balaban J connectivity index is 1.58. The number of nitrogens with one attached hydrogen (secondary N) is 1. The van der Waals surface area contributed by atoms with Crippen molar-refractivity contribution in [2.75, 3.05) is 13.2 Å². The molecular weight excluding hydrogens is 316 g/mol. The molecule has 126 valence electrons. The van der Waals surface area contributed by atoms with Crippen LogP contribution in [0.5, 0.6) is 5.75 Å². The van der Waals surface area contributed by atoms with Crippen LogP contribution in [-0.4, -0.2) is 30.0 Å². The van der Waals surface area contributed by atoms with Crippen molar-refractivity contribution in [3.05, 3.63) is 71.8 Å². The first kappa shape index (κ1) is 15.4. The smallest absolute Gasteiger partial charge is 0.325 e. The van der Waals surface area contributed by atoms with Gasteiger partial charge in [0.2, 0.25) is 0 Å². The number of carbonyl (C=O) groups excluding carboxylic acids is 2. The van der Waals surface area contributed by atoms with Gasteiger partial charge in [0.05, 0.1) is 6.61 Å². The number of hydrogen-bond donors (Lipinski definition) is 1. The van der Waals surface area contributed by atoms with Gasteiger partial charge >= 0.3 is 6.03 Å². The van der Waals surface area contributed by atoms with Crippen molar-refractivity contribution in [1.29, 1.82) is 0 Å². The number of hydrogen-bond acceptors (Lipinski definition) is 3. The van der Waals surface area contributed by atoms with E-state index >= 15 is 0 Å². The van der Waals surface area contributed by atoms with Gasteiger partial charge in [-0.2, -0.15) is 0 Å². The zero-order valence-electron chi connectivity index (χ0n) is 13.6.